The molecule has 0 spiro atoms. The number of aryl methyl sites for hydroxylation is 1. The van der Waals surface area contributed by atoms with Gasteiger partial charge in [0.05, 0.1) is 12.5 Å². The standard InChI is InChI=1S/C20H26N4O/c1-4-17-21-22-18-13-23(11-12-24(17)18)19(25)15-9-10-20(2,3)16-8-6-5-7-14(15)16/h5-8,15H,4,9-13H2,1-3H3/t15-/m0/s1. The van der Waals surface area contributed by atoms with Crippen molar-refractivity contribution in [2.45, 2.75) is 64.5 Å². The van der Waals surface area contributed by atoms with E-state index in [0.29, 0.717) is 6.54 Å². The number of hydrogen-bond donors (Lipinski definition) is 0. The van der Waals surface area contributed by atoms with Gasteiger partial charge >= 0.3 is 0 Å². The normalized spacial score (nSPS) is 21.6. The van der Waals surface area contributed by atoms with Gasteiger partial charge in [-0.15, -0.1) is 10.2 Å². The van der Waals surface area contributed by atoms with Crippen molar-refractivity contribution in [2.24, 2.45) is 0 Å². The molecule has 0 fully saturated rings. The maximum atomic E-state index is 13.3. The van der Waals surface area contributed by atoms with Crippen molar-refractivity contribution in [1.82, 2.24) is 19.7 Å². The average Bonchev–Trinajstić information content (AvgIpc) is 3.04. The van der Waals surface area contributed by atoms with E-state index in [-0.39, 0.29) is 17.2 Å². The van der Waals surface area contributed by atoms with E-state index in [1.165, 1.54) is 11.1 Å². The van der Waals surface area contributed by atoms with E-state index in [0.717, 1.165) is 44.0 Å². The Labute approximate surface area is 149 Å². The van der Waals surface area contributed by atoms with Crippen LogP contribution in [0, 0.1) is 0 Å². The van der Waals surface area contributed by atoms with Crippen LogP contribution in [-0.4, -0.2) is 32.1 Å². The molecular formula is C20H26N4O. The Morgan fingerprint density at radius 1 is 1.24 bits per heavy atom. The lowest BCUT2D eigenvalue weighted by molar-refractivity contribution is -0.134. The number of carbonyl (C=O) groups is 1. The number of aromatic nitrogens is 3. The fraction of sp³-hybridized carbons (Fsp3) is 0.550. The van der Waals surface area contributed by atoms with Crippen molar-refractivity contribution in [2.75, 3.05) is 6.54 Å². The monoisotopic (exact) mass is 338 g/mol. The van der Waals surface area contributed by atoms with Gasteiger partial charge in [-0.2, -0.15) is 0 Å². The number of benzene rings is 1. The lowest BCUT2D eigenvalue weighted by Gasteiger charge is -2.39. The van der Waals surface area contributed by atoms with Crippen molar-refractivity contribution < 1.29 is 4.79 Å². The first-order valence-corrected chi connectivity index (χ1v) is 9.30. The molecule has 1 aliphatic carbocycles. The highest BCUT2D eigenvalue weighted by Crippen LogP contribution is 2.43. The van der Waals surface area contributed by atoms with Crippen LogP contribution in [0.4, 0.5) is 0 Å². The topological polar surface area (TPSA) is 51.0 Å². The van der Waals surface area contributed by atoms with Crippen molar-refractivity contribution in [3.8, 4) is 0 Å². The fourth-order valence-corrected chi connectivity index (χ4v) is 4.36. The Balaban J connectivity index is 1.60. The van der Waals surface area contributed by atoms with Crippen LogP contribution in [-0.2, 0) is 29.7 Å². The predicted octanol–water partition coefficient (Wildman–Crippen LogP) is 3.04. The first-order valence-electron chi connectivity index (χ1n) is 9.30. The van der Waals surface area contributed by atoms with Crippen LogP contribution >= 0.6 is 0 Å². The molecule has 4 rings (SSSR count). The Bertz CT molecular complexity index is 808. The number of rotatable bonds is 2. The third kappa shape index (κ3) is 2.66. The van der Waals surface area contributed by atoms with E-state index in [2.05, 4.69) is 59.8 Å². The number of nitrogens with zero attached hydrogens (tertiary/aromatic N) is 4. The number of amides is 1. The number of carbonyl (C=O) groups excluding carboxylic acids is 1. The second-order valence-electron chi connectivity index (χ2n) is 7.86. The van der Waals surface area contributed by atoms with E-state index >= 15 is 0 Å². The second kappa shape index (κ2) is 5.97. The van der Waals surface area contributed by atoms with E-state index in [9.17, 15) is 4.79 Å². The molecular weight excluding hydrogens is 312 g/mol. The Hall–Kier alpha value is -2.17. The van der Waals surface area contributed by atoms with Crippen LogP contribution in [0.25, 0.3) is 0 Å². The van der Waals surface area contributed by atoms with Gasteiger partial charge in [-0.3, -0.25) is 4.79 Å². The second-order valence-corrected chi connectivity index (χ2v) is 7.86. The lowest BCUT2D eigenvalue weighted by atomic mass is 9.68. The van der Waals surface area contributed by atoms with E-state index in [1.807, 2.05) is 4.90 Å². The molecule has 0 N–H and O–H groups in total. The highest BCUT2D eigenvalue weighted by molar-refractivity contribution is 5.84. The Kier molecular flexibility index (Phi) is 3.89. The fourth-order valence-electron chi connectivity index (χ4n) is 4.36. The van der Waals surface area contributed by atoms with Crippen LogP contribution in [0.5, 0.6) is 0 Å². The van der Waals surface area contributed by atoms with E-state index < -0.39 is 0 Å². The predicted molar refractivity (Wildman–Crippen MR) is 96.3 cm³/mol. The van der Waals surface area contributed by atoms with E-state index in [1.54, 1.807) is 0 Å². The van der Waals surface area contributed by atoms with Gasteiger partial charge in [-0.1, -0.05) is 45.0 Å². The molecule has 0 saturated heterocycles. The van der Waals surface area contributed by atoms with Crippen molar-refractivity contribution in [3.05, 3.63) is 47.0 Å². The van der Waals surface area contributed by atoms with Gasteiger partial charge in [0.2, 0.25) is 5.91 Å². The third-order valence-corrected chi connectivity index (χ3v) is 5.88. The summed E-state index contributed by atoms with van der Waals surface area (Å²) < 4.78 is 2.17. The van der Waals surface area contributed by atoms with Crippen molar-refractivity contribution >= 4 is 5.91 Å². The van der Waals surface area contributed by atoms with Gasteiger partial charge in [0.1, 0.15) is 5.82 Å². The molecule has 0 radical (unpaired) electrons. The molecule has 1 aromatic heterocycles. The van der Waals surface area contributed by atoms with Gasteiger partial charge in [0, 0.05) is 19.5 Å². The molecule has 1 atom stereocenters. The first kappa shape index (κ1) is 16.3. The summed E-state index contributed by atoms with van der Waals surface area (Å²) in [5.74, 6) is 2.16. The summed E-state index contributed by atoms with van der Waals surface area (Å²) in [5, 5.41) is 8.54. The molecule has 5 nitrogen and oxygen atoms in total. The molecule has 0 saturated carbocycles. The molecule has 1 aliphatic heterocycles. The Morgan fingerprint density at radius 3 is 2.84 bits per heavy atom. The molecule has 0 unspecified atom stereocenters. The van der Waals surface area contributed by atoms with Crippen molar-refractivity contribution in [1.29, 1.82) is 0 Å². The quantitative estimate of drug-likeness (QED) is 0.846. The van der Waals surface area contributed by atoms with Gasteiger partial charge in [-0.05, 0) is 29.4 Å². The number of fused-ring (bicyclic) bond motifs is 2. The molecule has 0 bridgehead atoms. The van der Waals surface area contributed by atoms with Crippen LogP contribution in [0.2, 0.25) is 0 Å². The van der Waals surface area contributed by atoms with Gasteiger partial charge < -0.3 is 9.47 Å². The minimum Gasteiger partial charge on any atom is -0.333 e. The Morgan fingerprint density at radius 2 is 2.04 bits per heavy atom. The molecule has 5 heteroatoms. The minimum atomic E-state index is -0.0238. The SMILES string of the molecule is CCc1nnc2n1CCN(C(=O)[C@H]1CCC(C)(C)c3ccccc31)C2. The van der Waals surface area contributed by atoms with Crippen LogP contribution in [0.15, 0.2) is 24.3 Å². The largest absolute Gasteiger partial charge is 0.333 e. The third-order valence-electron chi connectivity index (χ3n) is 5.88. The molecule has 1 amide bonds. The molecule has 2 heterocycles. The van der Waals surface area contributed by atoms with Crippen LogP contribution in [0.3, 0.4) is 0 Å². The minimum absolute atomic E-state index is 0.0238. The maximum Gasteiger partial charge on any atom is 0.230 e. The number of hydrogen-bond acceptors (Lipinski definition) is 3. The highest BCUT2D eigenvalue weighted by atomic mass is 16.2. The summed E-state index contributed by atoms with van der Waals surface area (Å²) >= 11 is 0. The lowest BCUT2D eigenvalue weighted by Crippen LogP contribution is -2.43. The van der Waals surface area contributed by atoms with Crippen LogP contribution < -0.4 is 0 Å². The smallest absolute Gasteiger partial charge is 0.230 e. The molecule has 2 aromatic rings. The molecule has 25 heavy (non-hydrogen) atoms. The maximum absolute atomic E-state index is 13.3. The summed E-state index contributed by atoms with van der Waals surface area (Å²) in [6.07, 6.45) is 2.85. The van der Waals surface area contributed by atoms with Gasteiger partial charge in [0.25, 0.3) is 0 Å². The van der Waals surface area contributed by atoms with Crippen LogP contribution in [0.1, 0.15) is 62.3 Å². The zero-order valence-electron chi connectivity index (χ0n) is 15.3. The zero-order valence-corrected chi connectivity index (χ0v) is 15.3. The molecule has 2 aliphatic rings. The van der Waals surface area contributed by atoms with Gasteiger partial charge in [-0.25, -0.2) is 0 Å². The summed E-state index contributed by atoms with van der Waals surface area (Å²) in [6, 6.07) is 8.47. The zero-order chi connectivity index (χ0) is 17.6. The van der Waals surface area contributed by atoms with Crippen molar-refractivity contribution in [3.63, 3.8) is 0 Å². The van der Waals surface area contributed by atoms with Gasteiger partial charge in [0.15, 0.2) is 5.82 Å². The molecule has 1 aromatic carbocycles. The summed E-state index contributed by atoms with van der Waals surface area (Å²) in [4.78, 5) is 15.3. The molecule has 132 valence electrons. The summed E-state index contributed by atoms with van der Waals surface area (Å²) in [6.45, 7) is 8.78. The first-order chi connectivity index (χ1) is 12.0. The summed E-state index contributed by atoms with van der Waals surface area (Å²) in [5.41, 5.74) is 2.68. The summed E-state index contributed by atoms with van der Waals surface area (Å²) in [7, 11) is 0. The van der Waals surface area contributed by atoms with E-state index in [4.69, 9.17) is 0 Å². The average molecular weight is 338 g/mol. The highest BCUT2D eigenvalue weighted by Gasteiger charge is 2.38.